The lowest BCUT2D eigenvalue weighted by Gasteiger charge is -2.10. The van der Waals surface area contributed by atoms with Crippen LogP contribution in [0.15, 0.2) is 17.1 Å². The van der Waals surface area contributed by atoms with Gasteiger partial charge in [-0.3, -0.25) is 4.79 Å². The number of aromatic nitrogens is 1. The van der Waals surface area contributed by atoms with Crippen molar-refractivity contribution in [2.45, 2.75) is 6.92 Å². The second kappa shape index (κ2) is 3.90. The van der Waals surface area contributed by atoms with Gasteiger partial charge in [-0.25, -0.2) is 13.6 Å². The number of pyridine rings is 1. The fourth-order valence-electron chi connectivity index (χ4n) is 1.91. The Morgan fingerprint density at radius 3 is 2.56 bits per heavy atom. The monoisotopic (exact) mass is 253 g/mol. The lowest BCUT2D eigenvalue weighted by Crippen LogP contribution is -2.19. The molecule has 0 atom stereocenters. The van der Waals surface area contributed by atoms with Crippen LogP contribution in [0.25, 0.3) is 10.9 Å². The van der Waals surface area contributed by atoms with Crippen LogP contribution in [0.1, 0.15) is 15.9 Å². The zero-order chi connectivity index (χ0) is 13.6. The smallest absolute Gasteiger partial charge is 0.341 e. The van der Waals surface area contributed by atoms with Crippen molar-refractivity contribution < 1.29 is 18.7 Å². The first-order valence-corrected chi connectivity index (χ1v) is 5.05. The average molecular weight is 253 g/mol. The van der Waals surface area contributed by atoms with Crippen LogP contribution in [0.2, 0.25) is 0 Å². The van der Waals surface area contributed by atoms with Crippen molar-refractivity contribution in [3.05, 3.63) is 45.2 Å². The maximum atomic E-state index is 13.4. The van der Waals surface area contributed by atoms with Gasteiger partial charge in [0, 0.05) is 24.9 Å². The summed E-state index contributed by atoms with van der Waals surface area (Å²) in [6.07, 6.45) is 1.09. The van der Waals surface area contributed by atoms with E-state index in [2.05, 4.69) is 0 Å². The molecule has 2 aromatic rings. The van der Waals surface area contributed by atoms with E-state index in [4.69, 9.17) is 5.11 Å². The normalized spacial score (nSPS) is 10.9. The third-order valence-electron chi connectivity index (χ3n) is 2.84. The fourth-order valence-corrected chi connectivity index (χ4v) is 1.91. The topological polar surface area (TPSA) is 59.3 Å². The number of hydrogen-bond donors (Lipinski definition) is 1. The predicted octanol–water partition coefficient (Wildman–Crippen LogP) is 1.82. The molecule has 0 aliphatic rings. The molecule has 0 aliphatic carbocycles. The molecular formula is C12H9F2NO3. The molecule has 0 aliphatic heterocycles. The number of carboxylic acid groups (broad SMARTS) is 1. The van der Waals surface area contributed by atoms with E-state index >= 15 is 0 Å². The van der Waals surface area contributed by atoms with Crippen molar-refractivity contribution in [3.8, 4) is 0 Å². The molecule has 94 valence electrons. The summed E-state index contributed by atoms with van der Waals surface area (Å²) in [7, 11) is 1.46. The van der Waals surface area contributed by atoms with Crippen LogP contribution >= 0.6 is 0 Å². The van der Waals surface area contributed by atoms with Gasteiger partial charge in [0.2, 0.25) is 5.43 Å². The molecule has 2 rings (SSSR count). The van der Waals surface area contributed by atoms with E-state index in [1.54, 1.807) is 0 Å². The van der Waals surface area contributed by atoms with Crippen molar-refractivity contribution >= 4 is 16.9 Å². The van der Waals surface area contributed by atoms with Crippen LogP contribution in [0.5, 0.6) is 0 Å². The Bertz CT molecular complexity index is 734. The number of hydrogen-bond acceptors (Lipinski definition) is 2. The minimum Gasteiger partial charge on any atom is -0.477 e. The zero-order valence-corrected chi connectivity index (χ0v) is 9.62. The molecule has 0 saturated heterocycles. The Balaban J connectivity index is 3.10. The quantitative estimate of drug-likeness (QED) is 0.843. The highest BCUT2D eigenvalue weighted by Gasteiger charge is 2.18. The summed E-state index contributed by atoms with van der Waals surface area (Å²) in [4.78, 5) is 22.8. The van der Waals surface area contributed by atoms with Crippen LogP contribution in [0.4, 0.5) is 8.78 Å². The van der Waals surface area contributed by atoms with Crippen molar-refractivity contribution in [2.75, 3.05) is 0 Å². The van der Waals surface area contributed by atoms with Gasteiger partial charge in [0.15, 0.2) is 11.6 Å². The minimum absolute atomic E-state index is 0.115. The second-order valence-electron chi connectivity index (χ2n) is 3.98. The summed E-state index contributed by atoms with van der Waals surface area (Å²) in [6, 6.07) is 0.880. The molecule has 1 aromatic heterocycles. The van der Waals surface area contributed by atoms with Gasteiger partial charge >= 0.3 is 5.97 Å². The fraction of sp³-hybridized carbons (Fsp3) is 0.167. The molecule has 0 amide bonds. The van der Waals surface area contributed by atoms with Crippen LogP contribution in [0.3, 0.4) is 0 Å². The lowest BCUT2D eigenvalue weighted by atomic mass is 10.1. The molecule has 0 bridgehead atoms. The number of benzene rings is 1. The van der Waals surface area contributed by atoms with Crippen LogP contribution in [0, 0.1) is 18.6 Å². The third kappa shape index (κ3) is 1.57. The Labute approximate surface area is 100 Å². The Hall–Kier alpha value is -2.24. The molecule has 0 saturated carbocycles. The number of aryl methyl sites for hydroxylation is 2. The molecule has 1 aromatic carbocycles. The summed E-state index contributed by atoms with van der Waals surface area (Å²) < 4.78 is 28.0. The highest BCUT2D eigenvalue weighted by atomic mass is 19.2. The van der Waals surface area contributed by atoms with Crippen molar-refractivity contribution in [2.24, 2.45) is 7.05 Å². The molecule has 4 nitrogen and oxygen atoms in total. The molecule has 0 unspecified atom stereocenters. The molecule has 1 heterocycles. The molecule has 18 heavy (non-hydrogen) atoms. The summed E-state index contributed by atoms with van der Waals surface area (Å²) >= 11 is 0. The van der Waals surface area contributed by atoms with E-state index in [1.807, 2.05) is 0 Å². The Kier molecular flexibility index (Phi) is 2.65. The summed E-state index contributed by atoms with van der Waals surface area (Å²) in [5.41, 5.74) is -1.32. The van der Waals surface area contributed by atoms with Crippen molar-refractivity contribution in [3.63, 3.8) is 0 Å². The predicted molar refractivity (Wildman–Crippen MR) is 60.8 cm³/mol. The minimum atomic E-state index is -1.40. The van der Waals surface area contributed by atoms with Crippen molar-refractivity contribution in [1.82, 2.24) is 4.57 Å². The van der Waals surface area contributed by atoms with E-state index in [9.17, 15) is 18.4 Å². The molecule has 0 spiro atoms. The number of fused-ring (bicyclic) bond motifs is 1. The largest absolute Gasteiger partial charge is 0.477 e. The van der Waals surface area contributed by atoms with E-state index < -0.39 is 28.6 Å². The number of carboxylic acids is 1. The van der Waals surface area contributed by atoms with Gasteiger partial charge in [-0.05, 0) is 6.92 Å². The van der Waals surface area contributed by atoms with Gasteiger partial charge in [-0.1, -0.05) is 0 Å². The number of aromatic carboxylic acids is 1. The zero-order valence-electron chi connectivity index (χ0n) is 9.62. The van der Waals surface area contributed by atoms with Gasteiger partial charge < -0.3 is 9.67 Å². The highest BCUT2D eigenvalue weighted by molar-refractivity contribution is 5.93. The summed E-state index contributed by atoms with van der Waals surface area (Å²) in [6.45, 7) is 1.24. The first-order valence-electron chi connectivity index (χ1n) is 5.05. The van der Waals surface area contributed by atoms with Crippen molar-refractivity contribution in [1.29, 1.82) is 0 Å². The number of nitrogens with zero attached hydrogens (tertiary/aromatic N) is 1. The van der Waals surface area contributed by atoms with E-state index in [0.717, 1.165) is 12.3 Å². The maximum Gasteiger partial charge on any atom is 0.341 e. The third-order valence-corrected chi connectivity index (χ3v) is 2.84. The number of halogens is 2. The molecule has 6 heteroatoms. The number of rotatable bonds is 1. The van der Waals surface area contributed by atoms with Crippen LogP contribution in [-0.4, -0.2) is 15.6 Å². The lowest BCUT2D eigenvalue weighted by molar-refractivity contribution is 0.0695. The van der Waals surface area contributed by atoms with Gasteiger partial charge in [0.25, 0.3) is 0 Å². The van der Waals surface area contributed by atoms with E-state index in [0.29, 0.717) is 0 Å². The Morgan fingerprint density at radius 1 is 1.39 bits per heavy atom. The first-order chi connectivity index (χ1) is 8.34. The van der Waals surface area contributed by atoms with Gasteiger partial charge in [-0.2, -0.15) is 0 Å². The average Bonchev–Trinajstić information content (AvgIpc) is 2.30. The summed E-state index contributed by atoms with van der Waals surface area (Å²) in [5.74, 6) is -3.61. The molecule has 0 fully saturated rings. The van der Waals surface area contributed by atoms with Gasteiger partial charge in [-0.15, -0.1) is 0 Å². The van der Waals surface area contributed by atoms with E-state index in [1.165, 1.54) is 18.5 Å². The SMILES string of the molecule is Cc1c(F)c(F)cc2c1c(=O)c(C(=O)O)cn2C. The highest BCUT2D eigenvalue weighted by Crippen LogP contribution is 2.21. The van der Waals surface area contributed by atoms with E-state index in [-0.39, 0.29) is 16.5 Å². The standard InChI is InChI=1S/C12H9F2NO3/c1-5-9-8(3-7(13)10(5)14)15(2)4-6(11(9)16)12(17)18/h3-4H,1-2H3,(H,17,18). The molecular weight excluding hydrogens is 244 g/mol. The van der Waals surface area contributed by atoms with Crippen LogP contribution < -0.4 is 5.43 Å². The second-order valence-corrected chi connectivity index (χ2v) is 3.98. The molecule has 0 radical (unpaired) electrons. The van der Waals surface area contributed by atoms with Gasteiger partial charge in [0.1, 0.15) is 5.56 Å². The first kappa shape index (κ1) is 12.2. The van der Waals surface area contributed by atoms with Crippen LogP contribution in [-0.2, 0) is 7.05 Å². The summed E-state index contributed by atoms with van der Waals surface area (Å²) in [5, 5.41) is 8.77. The maximum absolute atomic E-state index is 13.4. The van der Waals surface area contributed by atoms with Gasteiger partial charge in [0.05, 0.1) is 10.9 Å². The number of carbonyl (C=O) groups is 1. The molecule has 1 N–H and O–H groups in total. The Morgan fingerprint density at radius 2 is 2.00 bits per heavy atom.